The summed E-state index contributed by atoms with van der Waals surface area (Å²) in [5.41, 5.74) is 8.30. The van der Waals surface area contributed by atoms with Crippen molar-refractivity contribution in [3.8, 4) is 45.9 Å². The van der Waals surface area contributed by atoms with Crippen LogP contribution in [0.3, 0.4) is 0 Å². The maximum atomic E-state index is 13.4. The van der Waals surface area contributed by atoms with Gasteiger partial charge < -0.3 is 33.7 Å². The molecule has 0 bridgehead atoms. The number of oxazole rings is 2. The van der Waals surface area contributed by atoms with Crippen LogP contribution in [-0.2, 0) is 27.4 Å². The second-order valence-electron chi connectivity index (χ2n) is 14.1. The van der Waals surface area contributed by atoms with Gasteiger partial charge in [-0.25, -0.2) is 9.97 Å². The van der Waals surface area contributed by atoms with Gasteiger partial charge in [-0.3, -0.25) is 4.79 Å². The molecule has 0 spiro atoms. The van der Waals surface area contributed by atoms with Crippen LogP contribution >= 0.6 is 0 Å². The van der Waals surface area contributed by atoms with Crippen LogP contribution < -0.4 is 15.4 Å². The Morgan fingerprint density at radius 3 is 2.31 bits per heavy atom. The highest BCUT2D eigenvalue weighted by Gasteiger charge is 2.32. The number of esters is 1. The normalized spacial score (nSPS) is 16.5. The first-order chi connectivity index (χ1) is 26.1. The van der Waals surface area contributed by atoms with Crippen molar-refractivity contribution in [3.05, 3.63) is 88.5 Å². The van der Waals surface area contributed by atoms with Gasteiger partial charge in [-0.2, -0.15) is 14.0 Å². The molecule has 6 aromatic rings. The SMILES string of the molecule is Cc1c(-c2nc3cc(COC(=O)[C@@H]4CCCN4)c(OC(F)F)cc3o2)cccc1-c1cccc(-c2nc3cc(CNC4(C)COC4)cc(C#N)c3o2)c1C. The van der Waals surface area contributed by atoms with Crippen LogP contribution in [0.1, 0.15) is 47.6 Å². The molecule has 1 atom stereocenters. The van der Waals surface area contributed by atoms with Crippen LogP contribution in [0.15, 0.2) is 69.5 Å². The van der Waals surface area contributed by atoms with Crippen LogP contribution in [0, 0.1) is 25.2 Å². The summed E-state index contributed by atoms with van der Waals surface area (Å²) in [4.78, 5) is 22.1. The summed E-state index contributed by atoms with van der Waals surface area (Å²) in [5.74, 6) is 0.0917. The maximum Gasteiger partial charge on any atom is 0.387 e. The van der Waals surface area contributed by atoms with E-state index in [0.29, 0.717) is 59.8 Å². The van der Waals surface area contributed by atoms with Gasteiger partial charge in [-0.1, -0.05) is 24.3 Å². The van der Waals surface area contributed by atoms with Crippen LogP contribution in [-0.4, -0.2) is 53.9 Å². The number of rotatable bonds is 11. The van der Waals surface area contributed by atoms with Gasteiger partial charge in [-0.15, -0.1) is 0 Å². The molecular formula is C41H37F2N5O6. The molecular weight excluding hydrogens is 696 g/mol. The van der Waals surface area contributed by atoms with E-state index in [1.165, 1.54) is 6.07 Å². The largest absolute Gasteiger partial charge is 0.460 e. The highest BCUT2D eigenvalue weighted by Crippen LogP contribution is 2.39. The molecule has 11 nitrogen and oxygen atoms in total. The van der Waals surface area contributed by atoms with Crippen molar-refractivity contribution in [1.29, 1.82) is 5.26 Å². The van der Waals surface area contributed by atoms with E-state index < -0.39 is 18.6 Å². The van der Waals surface area contributed by atoms with E-state index in [1.54, 1.807) is 6.07 Å². The van der Waals surface area contributed by atoms with Gasteiger partial charge in [-0.05, 0) is 98.3 Å². The zero-order valence-corrected chi connectivity index (χ0v) is 29.9. The highest BCUT2D eigenvalue weighted by atomic mass is 19.3. The average molecular weight is 734 g/mol. The minimum atomic E-state index is -3.09. The summed E-state index contributed by atoms with van der Waals surface area (Å²) < 4.78 is 54.8. The third-order valence-corrected chi connectivity index (χ3v) is 10.2. The molecule has 8 rings (SSSR count). The maximum absolute atomic E-state index is 13.4. The lowest BCUT2D eigenvalue weighted by molar-refractivity contribution is -0.147. The number of nitrogens with zero attached hydrogens (tertiary/aromatic N) is 3. The van der Waals surface area contributed by atoms with Crippen molar-refractivity contribution in [1.82, 2.24) is 20.6 Å². The Balaban J connectivity index is 1.10. The Labute approximate surface area is 309 Å². The number of fused-ring (bicyclic) bond motifs is 2. The highest BCUT2D eigenvalue weighted by molar-refractivity contribution is 5.86. The van der Waals surface area contributed by atoms with E-state index in [9.17, 15) is 18.8 Å². The number of carbonyl (C=O) groups excluding carboxylic acids is 1. The number of benzene rings is 4. The van der Waals surface area contributed by atoms with Gasteiger partial charge in [0.05, 0.1) is 24.3 Å². The lowest BCUT2D eigenvalue weighted by Crippen LogP contribution is -2.57. The van der Waals surface area contributed by atoms with E-state index in [4.69, 9.17) is 33.0 Å². The number of aromatic nitrogens is 2. The van der Waals surface area contributed by atoms with E-state index in [0.717, 1.165) is 46.3 Å². The number of halogens is 2. The number of hydrogen-bond donors (Lipinski definition) is 2. The Hall–Kier alpha value is -5.68. The first-order valence-electron chi connectivity index (χ1n) is 17.7. The summed E-state index contributed by atoms with van der Waals surface area (Å²) in [6.07, 6.45) is 1.51. The summed E-state index contributed by atoms with van der Waals surface area (Å²) in [5, 5.41) is 16.5. The number of nitrogens with one attached hydrogen (secondary N) is 2. The van der Waals surface area contributed by atoms with Crippen molar-refractivity contribution in [2.24, 2.45) is 0 Å². The van der Waals surface area contributed by atoms with Crippen LogP contribution in [0.5, 0.6) is 5.75 Å². The molecule has 276 valence electrons. The number of ether oxygens (including phenoxy) is 3. The predicted octanol–water partition coefficient (Wildman–Crippen LogP) is 7.73. The summed E-state index contributed by atoms with van der Waals surface area (Å²) in [6, 6.07) is 20.2. The molecule has 0 radical (unpaired) electrons. The second kappa shape index (κ2) is 14.3. The number of hydrogen-bond acceptors (Lipinski definition) is 11. The molecule has 4 aromatic carbocycles. The van der Waals surface area contributed by atoms with Gasteiger partial charge in [0.1, 0.15) is 35.5 Å². The molecule has 0 saturated carbocycles. The molecule has 2 aromatic heterocycles. The van der Waals surface area contributed by atoms with Crippen LogP contribution in [0.2, 0.25) is 0 Å². The van der Waals surface area contributed by atoms with Crippen molar-refractivity contribution in [2.45, 2.75) is 65.0 Å². The van der Waals surface area contributed by atoms with Crippen LogP contribution in [0.4, 0.5) is 8.78 Å². The lowest BCUT2D eigenvalue weighted by Gasteiger charge is -2.39. The van der Waals surface area contributed by atoms with E-state index in [2.05, 4.69) is 23.6 Å². The van der Waals surface area contributed by atoms with Gasteiger partial charge in [0.2, 0.25) is 11.8 Å². The monoisotopic (exact) mass is 733 g/mol. The molecule has 2 aliphatic rings. The molecule has 2 fully saturated rings. The zero-order chi connectivity index (χ0) is 37.6. The van der Waals surface area contributed by atoms with Gasteiger partial charge in [0.25, 0.3) is 0 Å². The molecule has 2 saturated heterocycles. The van der Waals surface area contributed by atoms with E-state index in [-0.39, 0.29) is 34.9 Å². The average Bonchev–Trinajstić information content (AvgIpc) is 3.92. The summed E-state index contributed by atoms with van der Waals surface area (Å²) in [6.45, 7) is 5.28. The van der Waals surface area contributed by atoms with Gasteiger partial charge in [0.15, 0.2) is 11.2 Å². The summed E-state index contributed by atoms with van der Waals surface area (Å²) in [7, 11) is 0. The Morgan fingerprint density at radius 2 is 1.69 bits per heavy atom. The first kappa shape index (κ1) is 35.4. The molecule has 2 N–H and O–H groups in total. The first-order valence-corrected chi connectivity index (χ1v) is 17.7. The molecule has 0 unspecified atom stereocenters. The zero-order valence-electron chi connectivity index (χ0n) is 29.9. The van der Waals surface area contributed by atoms with Crippen molar-refractivity contribution in [2.75, 3.05) is 19.8 Å². The topological polar surface area (TPSA) is 145 Å². The molecule has 4 heterocycles. The van der Waals surface area contributed by atoms with Crippen molar-refractivity contribution >= 4 is 28.2 Å². The molecule has 0 amide bonds. The smallest absolute Gasteiger partial charge is 0.387 e. The molecule has 2 aliphatic heterocycles. The molecule has 0 aliphatic carbocycles. The van der Waals surface area contributed by atoms with Gasteiger partial charge >= 0.3 is 12.6 Å². The van der Waals surface area contributed by atoms with E-state index in [1.807, 2.05) is 62.4 Å². The number of alkyl halides is 2. The minimum Gasteiger partial charge on any atom is -0.460 e. The molecule has 54 heavy (non-hydrogen) atoms. The Kier molecular flexibility index (Phi) is 9.35. The Morgan fingerprint density at radius 1 is 1.00 bits per heavy atom. The second-order valence-corrected chi connectivity index (χ2v) is 14.1. The van der Waals surface area contributed by atoms with Crippen molar-refractivity contribution in [3.63, 3.8) is 0 Å². The predicted molar refractivity (Wildman–Crippen MR) is 196 cm³/mol. The minimum absolute atomic E-state index is 0.0904. The quantitative estimate of drug-likeness (QED) is 0.126. The third-order valence-electron chi connectivity index (χ3n) is 10.2. The van der Waals surface area contributed by atoms with E-state index >= 15 is 0 Å². The third kappa shape index (κ3) is 6.80. The number of nitriles is 1. The Bertz CT molecular complexity index is 2440. The lowest BCUT2D eigenvalue weighted by atomic mass is 9.91. The standard InChI is InChI=1S/C41H37F2N5O6/c1-22-27(28-8-5-10-30(23(28)2)38-48-33-14-24(13-25(17-44)36(33)54-38)18-46-41(3)20-50-21-41)7-4-9-29(22)37-47-32-15-26(19-51-39(49)31-11-6-12-45-31)34(53-40(42)43)16-35(32)52-37/h4-5,7-10,13-16,31,40,45-46H,6,11-12,18-21H2,1-3H3/t31-/m0/s1. The fourth-order valence-corrected chi connectivity index (χ4v) is 7.10. The fraction of sp³-hybridized carbons (Fsp3) is 0.317. The summed E-state index contributed by atoms with van der Waals surface area (Å²) >= 11 is 0. The fourth-order valence-electron chi connectivity index (χ4n) is 7.10. The van der Waals surface area contributed by atoms with Crippen molar-refractivity contribution < 1.29 is 36.6 Å². The molecule has 13 heteroatoms. The van der Waals surface area contributed by atoms with Crippen LogP contribution in [0.25, 0.3) is 56.2 Å². The van der Waals surface area contributed by atoms with Gasteiger partial charge in [0, 0.05) is 29.3 Å². The number of carbonyl (C=O) groups is 1.